The predicted molar refractivity (Wildman–Crippen MR) is 99.5 cm³/mol. The summed E-state index contributed by atoms with van der Waals surface area (Å²) in [6, 6.07) is 1.10. The quantitative estimate of drug-likeness (QED) is 0.827. The van der Waals surface area contributed by atoms with Gasteiger partial charge in [-0.1, -0.05) is 12.8 Å². The number of ether oxygens (including phenoxy) is 1. The second-order valence-electron chi connectivity index (χ2n) is 7.54. The van der Waals surface area contributed by atoms with Crippen LogP contribution in [0.15, 0.2) is 11.0 Å². The number of hydrogen-bond acceptors (Lipinski definition) is 5. The largest absolute Gasteiger partial charge is 0.444 e. The third-order valence-corrected chi connectivity index (χ3v) is 6.77. The van der Waals surface area contributed by atoms with Crippen molar-refractivity contribution in [3.8, 4) is 0 Å². The van der Waals surface area contributed by atoms with Crippen molar-refractivity contribution in [3.05, 3.63) is 15.8 Å². The second-order valence-corrected chi connectivity index (χ2v) is 10.7. The number of alkyl carbamates (subject to hydrolysis) is 1. The van der Waals surface area contributed by atoms with Crippen molar-refractivity contribution >= 4 is 27.5 Å². The molecule has 0 unspecified atom stereocenters. The van der Waals surface area contributed by atoms with Gasteiger partial charge in [0.05, 0.1) is 4.90 Å². The lowest BCUT2D eigenvalue weighted by Crippen LogP contribution is -2.53. The van der Waals surface area contributed by atoms with E-state index in [4.69, 9.17) is 4.74 Å². The van der Waals surface area contributed by atoms with Crippen LogP contribution in [0.5, 0.6) is 0 Å². The van der Waals surface area contributed by atoms with Gasteiger partial charge in [0.2, 0.25) is 10.0 Å². The zero-order chi connectivity index (χ0) is 18.8. The first-order valence-corrected chi connectivity index (χ1v) is 10.9. The summed E-state index contributed by atoms with van der Waals surface area (Å²) in [5.74, 6) is 0. The van der Waals surface area contributed by atoms with E-state index in [0.717, 1.165) is 29.0 Å². The lowest BCUT2D eigenvalue weighted by molar-refractivity contribution is 0.0483. The average Bonchev–Trinajstić information content (AvgIpc) is 2.78. The predicted octanol–water partition coefficient (Wildman–Crippen LogP) is 3.48. The van der Waals surface area contributed by atoms with E-state index < -0.39 is 21.7 Å². The van der Waals surface area contributed by atoms with Crippen molar-refractivity contribution < 1.29 is 17.9 Å². The summed E-state index contributed by atoms with van der Waals surface area (Å²) in [6.07, 6.45) is 2.80. The molecule has 1 heterocycles. The van der Waals surface area contributed by atoms with Crippen LogP contribution in [0.4, 0.5) is 4.79 Å². The fraction of sp³-hybridized carbons (Fsp3) is 0.706. The monoisotopic (exact) mass is 388 g/mol. The first-order chi connectivity index (χ1) is 11.5. The molecule has 6 nitrogen and oxygen atoms in total. The van der Waals surface area contributed by atoms with Crippen LogP contribution in [0.2, 0.25) is 0 Å². The van der Waals surface area contributed by atoms with E-state index in [1.165, 1.54) is 11.3 Å². The molecule has 1 aliphatic rings. The zero-order valence-electron chi connectivity index (χ0n) is 15.5. The van der Waals surface area contributed by atoms with Crippen molar-refractivity contribution in [2.45, 2.75) is 82.9 Å². The zero-order valence-corrected chi connectivity index (χ0v) is 17.1. The van der Waals surface area contributed by atoms with Gasteiger partial charge >= 0.3 is 6.09 Å². The van der Waals surface area contributed by atoms with Crippen LogP contribution in [0, 0.1) is 13.8 Å². The minimum Gasteiger partial charge on any atom is -0.444 e. The molecule has 1 amide bonds. The molecule has 1 aromatic heterocycles. The number of hydrogen-bond donors (Lipinski definition) is 2. The molecule has 0 aliphatic heterocycles. The number of nitrogens with one attached hydrogen (secondary N) is 2. The van der Waals surface area contributed by atoms with Gasteiger partial charge in [-0.15, -0.1) is 11.3 Å². The van der Waals surface area contributed by atoms with Crippen molar-refractivity contribution in [2.75, 3.05) is 0 Å². The highest BCUT2D eigenvalue weighted by Crippen LogP contribution is 2.27. The molecular weight excluding hydrogens is 360 g/mol. The molecule has 0 saturated heterocycles. The van der Waals surface area contributed by atoms with Gasteiger partial charge in [0.15, 0.2) is 0 Å². The summed E-state index contributed by atoms with van der Waals surface area (Å²) in [7, 11) is -3.61. The normalized spacial score (nSPS) is 21.8. The smallest absolute Gasteiger partial charge is 0.407 e. The minimum absolute atomic E-state index is 0.265. The van der Waals surface area contributed by atoms with E-state index in [1.54, 1.807) is 26.8 Å². The number of aryl methyl sites for hydroxylation is 2. The summed E-state index contributed by atoms with van der Waals surface area (Å²) in [6.45, 7) is 9.10. The van der Waals surface area contributed by atoms with Gasteiger partial charge in [-0.3, -0.25) is 0 Å². The summed E-state index contributed by atoms with van der Waals surface area (Å²) < 4.78 is 33.6. The Morgan fingerprint density at radius 1 is 1.20 bits per heavy atom. The van der Waals surface area contributed by atoms with Gasteiger partial charge in [-0.2, -0.15) is 0 Å². The third-order valence-electron chi connectivity index (χ3n) is 4.06. The lowest BCUT2D eigenvalue weighted by Gasteiger charge is -2.33. The van der Waals surface area contributed by atoms with Crippen LogP contribution in [-0.4, -0.2) is 32.2 Å². The Morgan fingerprint density at radius 2 is 1.80 bits per heavy atom. The third kappa shape index (κ3) is 5.69. The molecule has 1 fully saturated rings. The van der Waals surface area contributed by atoms with Crippen LogP contribution in [-0.2, 0) is 14.8 Å². The summed E-state index contributed by atoms with van der Waals surface area (Å²) in [5.41, 5.74) is -0.584. The van der Waals surface area contributed by atoms with E-state index in [1.807, 2.05) is 13.8 Å². The molecule has 0 aromatic carbocycles. The van der Waals surface area contributed by atoms with Gasteiger partial charge in [0.25, 0.3) is 0 Å². The van der Waals surface area contributed by atoms with Crippen LogP contribution in [0.3, 0.4) is 0 Å². The number of thiophene rings is 1. The van der Waals surface area contributed by atoms with Gasteiger partial charge in [-0.05, 0) is 53.5 Å². The van der Waals surface area contributed by atoms with Gasteiger partial charge in [0.1, 0.15) is 5.60 Å². The highest BCUT2D eigenvalue weighted by molar-refractivity contribution is 7.89. The fourth-order valence-corrected chi connectivity index (χ4v) is 5.91. The SMILES string of the molecule is Cc1cc(S(=O)(=O)N[C@@H]2CCCC[C@H]2NC(=O)OC(C)(C)C)c(C)s1. The molecule has 1 aromatic rings. The molecule has 142 valence electrons. The Kier molecular flexibility index (Phi) is 6.17. The van der Waals surface area contributed by atoms with Crippen LogP contribution in [0.1, 0.15) is 56.2 Å². The van der Waals surface area contributed by atoms with Crippen LogP contribution in [0.25, 0.3) is 0 Å². The molecule has 2 rings (SSSR count). The number of amides is 1. The Bertz CT molecular complexity index is 719. The van der Waals surface area contributed by atoms with E-state index in [0.29, 0.717) is 11.3 Å². The molecule has 1 saturated carbocycles. The van der Waals surface area contributed by atoms with Crippen molar-refractivity contribution in [1.82, 2.24) is 10.0 Å². The molecule has 1 aliphatic carbocycles. The molecule has 2 atom stereocenters. The molecule has 2 N–H and O–H groups in total. The van der Waals surface area contributed by atoms with Crippen molar-refractivity contribution in [1.29, 1.82) is 0 Å². The van der Waals surface area contributed by atoms with E-state index in [2.05, 4.69) is 10.0 Å². The first-order valence-electron chi connectivity index (χ1n) is 8.57. The van der Waals surface area contributed by atoms with Gasteiger partial charge < -0.3 is 10.1 Å². The summed E-state index contributed by atoms with van der Waals surface area (Å²) >= 11 is 1.47. The van der Waals surface area contributed by atoms with E-state index in [9.17, 15) is 13.2 Å². The molecule has 0 bridgehead atoms. The Morgan fingerprint density at radius 3 is 2.32 bits per heavy atom. The lowest BCUT2D eigenvalue weighted by atomic mass is 9.91. The number of rotatable bonds is 4. The Balaban J connectivity index is 2.10. The van der Waals surface area contributed by atoms with E-state index in [-0.39, 0.29) is 12.1 Å². The number of carbonyl (C=O) groups is 1. The molecule has 25 heavy (non-hydrogen) atoms. The standard InChI is InChI=1S/C17H28N2O4S2/c1-11-10-15(12(2)24-11)25(21,22)19-14-9-7-6-8-13(14)18-16(20)23-17(3,4)5/h10,13-14,19H,6-9H2,1-5H3,(H,18,20)/t13-,14-/m1/s1. The summed E-state index contributed by atoms with van der Waals surface area (Å²) in [4.78, 5) is 14.1. The highest BCUT2D eigenvalue weighted by Gasteiger charge is 2.32. The maximum atomic E-state index is 12.7. The maximum absolute atomic E-state index is 12.7. The molecule has 0 radical (unpaired) electrons. The van der Waals surface area contributed by atoms with Crippen LogP contribution < -0.4 is 10.0 Å². The van der Waals surface area contributed by atoms with Gasteiger partial charge in [0, 0.05) is 21.8 Å². The topological polar surface area (TPSA) is 84.5 Å². The molecular formula is C17H28N2O4S2. The van der Waals surface area contributed by atoms with Gasteiger partial charge in [-0.25, -0.2) is 17.9 Å². The van der Waals surface area contributed by atoms with Crippen LogP contribution >= 0.6 is 11.3 Å². The Hall–Kier alpha value is -1.12. The number of carbonyl (C=O) groups excluding carboxylic acids is 1. The molecule has 0 spiro atoms. The molecule has 8 heteroatoms. The average molecular weight is 389 g/mol. The van der Waals surface area contributed by atoms with Crippen molar-refractivity contribution in [2.24, 2.45) is 0 Å². The first kappa shape index (κ1) is 20.2. The van der Waals surface area contributed by atoms with Crippen molar-refractivity contribution in [3.63, 3.8) is 0 Å². The summed E-state index contributed by atoms with van der Waals surface area (Å²) in [5, 5.41) is 2.83. The van der Waals surface area contributed by atoms with E-state index >= 15 is 0 Å². The minimum atomic E-state index is -3.61. The number of sulfonamides is 1. The fourth-order valence-electron chi connectivity index (χ4n) is 3.04. The highest BCUT2D eigenvalue weighted by atomic mass is 32.2. The Labute approximate surface area is 154 Å². The second kappa shape index (κ2) is 7.63. The maximum Gasteiger partial charge on any atom is 0.407 e.